The third-order valence-electron chi connectivity index (χ3n) is 3.68. The number of aryl methyl sites for hydroxylation is 1. The lowest BCUT2D eigenvalue weighted by atomic mass is 10.3. The summed E-state index contributed by atoms with van der Waals surface area (Å²) in [5.74, 6) is 1.96. The van der Waals surface area contributed by atoms with Crippen LogP contribution in [0.25, 0.3) is 5.82 Å². The Labute approximate surface area is 175 Å². The number of hydrogen-bond donors (Lipinski definition) is 1. The largest absolute Gasteiger partial charge is 0.439 e. The predicted octanol–water partition coefficient (Wildman–Crippen LogP) is 4.28. The third kappa shape index (κ3) is 4.56. The Morgan fingerprint density at radius 2 is 1.93 bits per heavy atom. The molecular formula is C18H14ClN5O3S2. The summed E-state index contributed by atoms with van der Waals surface area (Å²) < 4.78 is 35.2. The van der Waals surface area contributed by atoms with Crippen LogP contribution in [0.1, 0.15) is 5.82 Å². The van der Waals surface area contributed by atoms with E-state index in [2.05, 4.69) is 19.8 Å². The average molecular weight is 448 g/mol. The van der Waals surface area contributed by atoms with Crippen LogP contribution in [0.3, 0.4) is 0 Å². The van der Waals surface area contributed by atoms with Gasteiger partial charge in [-0.15, -0.1) is 11.3 Å². The summed E-state index contributed by atoms with van der Waals surface area (Å²) in [6, 6.07) is 12.9. The van der Waals surface area contributed by atoms with E-state index in [1.54, 1.807) is 66.5 Å². The zero-order valence-corrected chi connectivity index (χ0v) is 17.4. The highest BCUT2D eigenvalue weighted by molar-refractivity contribution is 7.94. The molecule has 148 valence electrons. The molecule has 1 aromatic carbocycles. The lowest BCUT2D eigenvalue weighted by Crippen LogP contribution is -2.11. The minimum atomic E-state index is -3.69. The van der Waals surface area contributed by atoms with Crippen LogP contribution in [-0.2, 0) is 10.0 Å². The van der Waals surface area contributed by atoms with Crippen molar-refractivity contribution in [3.05, 3.63) is 71.1 Å². The van der Waals surface area contributed by atoms with E-state index in [9.17, 15) is 8.42 Å². The Morgan fingerprint density at radius 3 is 2.59 bits per heavy atom. The minimum Gasteiger partial charge on any atom is -0.439 e. The van der Waals surface area contributed by atoms with Gasteiger partial charge in [-0.1, -0.05) is 11.6 Å². The molecule has 3 aromatic heterocycles. The molecular weight excluding hydrogens is 434 g/mol. The Bertz CT molecular complexity index is 1240. The number of nitrogens with zero attached hydrogens (tertiary/aromatic N) is 4. The van der Waals surface area contributed by atoms with E-state index in [0.717, 1.165) is 11.3 Å². The van der Waals surface area contributed by atoms with Crippen molar-refractivity contribution in [3.8, 4) is 17.4 Å². The van der Waals surface area contributed by atoms with E-state index < -0.39 is 10.0 Å². The number of benzene rings is 1. The zero-order chi connectivity index (χ0) is 20.4. The van der Waals surface area contributed by atoms with E-state index in [1.165, 1.54) is 6.07 Å². The molecule has 29 heavy (non-hydrogen) atoms. The standard InChI is InChI=1S/C18H14ClN5O3S2/c1-12-21-16(24-10-2-9-20-24)11-17(22-12)27-14-5-3-13(4-6-14)23-29(25,26)18-8-7-15(19)28-18/h2-11,23H,1H3. The van der Waals surface area contributed by atoms with Gasteiger partial charge in [0, 0.05) is 24.1 Å². The lowest BCUT2D eigenvalue weighted by Gasteiger charge is -2.09. The van der Waals surface area contributed by atoms with Crippen LogP contribution in [0.2, 0.25) is 4.34 Å². The maximum atomic E-state index is 12.4. The van der Waals surface area contributed by atoms with Crippen LogP contribution in [0.4, 0.5) is 5.69 Å². The first-order valence-corrected chi connectivity index (χ1v) is 11.0. The summed E-state index contributed by atoms with van der Waals surface area (Å²) in [7, 11) is -3.69. The number of hydrogen-bond acceptors (Lipinski definition) is 7. The SMILES string of the molecule is Cc1nc(Oc2ccc(NS(=O)(=O)c3ccc(Cl)s3)cc2)cc(-n2cccn2)n1. The molecule has 0 spiro atoms. The number of rotatable bonds is 6. The van der Waals surface area contributed by atoms with Crippen LogP contribution in [0.15, 0.2) is 65.1 Å². The van der Waals surface area contributed by atoms with Crippen LogP contribution < -0.4 is 9.46 Å². The summed E-state index contributed by atoms with van der Waals surface area (Å²) in [4.78, 5) is 8.59. The van der Waals surface area contributed by atoms with Gasteiger partial charge in [0.15, 0.2) is 5.82 Å². The number of aromatic nitrogens is 4. The summed E-state index contributed by atoms with van der Waals surface area (Å²) in [6.45, 7) is 1.76. The quantitative estimate of drug-likeness (QED) is 0.473. The first-order chi connectivity index (χ1) is 13.9. The first kappa shape index (κ1) is 19.4. The zero-order valence-electron chi connectivity index (χ0n) is 15.0. The molecule has 4 aromatic rings. The molecule has 0 atom stereocenters. The second-order valence-corrected chi connectivity index (χ2v) is 9.48. The smallest absolute Gasteiger partial charge is 0.271 e. The molecule has 0 aliphatic rings. The maximum absolute atomic E-state index is 12.4. The molecule has 0 aliphatic carbocycles. The van der Waals surface area contributed by atoms with Gasteiger partial charge in [0.25, 0.3) is 10.0 Å². The van der Waals surface area contributed by atoms with Crippen LogP contribution in [0.5, 0.6) is 11.6 Å². The molecule has 0 saturated heterocycles. The normalized spacial score (nSPS) is 11.4. The predicted molar refractivity (Wildman–Crippen MR) is 111 cm³/mol. The fourth-order valence-electron chi connectivity index (χ4n) is 2.46. The van der Waals surface area contributed by atoms with E-state index in [-0.39, 0.29) is 4.21 Å². The number of sulfonamides is 1. The van der Waals surface area contributed by atoms with Gasteiger partial charge in [-0.25, -0.2) is 18.1 Å². The van der Waals surface area contributed by atoms with Crippen molar-refractivity contribution < 1.29 is 13.2 Å². The van der Waals surface area contributed by atoms with Crippen molar-refractivity contribution in [2.75, 3.05) is 4.72 Å². The Balaban J connectivity index is 1.50. The van der Waals surface area contributed by atoms with Gasteiger partial charge < -0.3 is 4.74 Å². The Hall–Kier alpha value is -2.95. The topological polar surface area (TPSA) is 99.0 Å². The third-order valence-corrected chi connectivity index (χ3v) is 6.79. The molecule has 0 unspecified atom stereocenters. The highest BCUT2D eigenvalue weighted by Gasteiger charge is 2.16. The number of anilines is 1. The van der Waals surface area contributed by atoms with Crippen LogP contribution in [-0.4, -0.2) is 28.2 Å². The van der Waals surface area contributed by atoms with Gasteiger partial charge in [-0.2, -0.15) is 10.1 Å². The monoisotopic (exact) mass is 447 g/mol. The number of nitrogens with one attached hydrogen (secondary N) is 1. The number of thiophene rings is 1. The van der Waals surface area contributed by atoms with E-state index in [0.29, 0.717) is 33.3 Å². The number of halogens is 1. The second kappa shape index (κ2) is 7.82. The molecule has 0 amide bonds. The van der Waals surface area contributed by atoms with E-state index in [4.69, 9.17) is 16.3 Å². The minimum absolute atomic E-state index is 0.144. The van der Waals surface area contributed by atoms with Crippen molar-refractivity contribution in [1.29, 1.82) is 0 Å². The summed E-state index contributed by atoms with van der Waals surface area (Å²) in [6.07, 6.45) is 3.43. The van der Waals surface area contributed by atoms with E-state index in [1.807, 2.05) is 0 Å². The van der Waals surface area contributed by atoms with Crippen molar-refractivity contribution in [1.82, 2.24) is 19.7 Å². The van der Waals surface area contributed by atoms with Gasteiger partial charge in [-0.3, -0.25) is 4.72 Å². The fourth-order valence-corrected chi connectivity index (χ4v) is 5.00. The van der Waals surface area contributed by atoms with Crippen molar-refractivity contribution in [3.63, 3.8) is 0 Å². The molecule has 0 saturated carbocycles. The van der Waals surface area contributed by atoms with Gasteiger partial charge in [0.05, 0.1) is 4.34 Å². The van der Waals surface area contributed by atoms with Crippen molar-refractivity contribution in [2.24, 2.45) is 0 Å². The van der Waals surface area contributed by atoms with Crippen LogP contribution >= 0.6 is 22.9 Å². The fraction of sp³-hybridized carbons (Fsp3) is 0.0556. The van der Waals surface area contributed by atoms with Crippen molar-refractivity contribution in [2.45, 2.75) is 11.1 Å². The summed E-state index contributed by atoms with van der Waals surface area (Å²) in [5.41, 5.74) is 0.401. The Morgan fingerprint density at radius 1 is 1.14 bits per heavy atom. The molecule has 1 N–H and O–H groups in total. The second-order valence-electron chi connectivity index (χ2n) is 5.85. The van der Waals surface area contributed by atoms with Crippen molar-refractivity contribution >= 4 is 38.6 Å². The number of ether oxygens (including phenoxy) is 1. The molecule has 0 radical (unpaired) electrons. The molecule has 0 bridgehead atoms. The van der Waals surface area contributed by atoms with Gasteiger partial charge >= 0.3 is 0 Å². The first-order valence-electron chi connectivity index (χ1n) is 8.31. The molecule has 8 nitrogen and oxygen atoms in total. The Kier molecular flexibility index (Phi) is 5.22. The molecule has 11 heteroatoms. The van der Waals surface area contributed by atoms with Gasteiger partial charge in [0.2, 0.25) is 5.88 Å². The summed E-state index contributed by atoms with van der Waals surface area (Å²) in [5, 5.41) is 4.15. The molecule has 0 fully saturated rings. The highest BCUT2D eigenvalue weighted by atomic mass is 35.5. The lowest BCUT2D eigenvalue weighted by molar-refractivity contribution is 0.459. The highest BCUT2D eigenvalue weighted by Crippen LogP contribution is 2.28. The maximum Gasteiger partial charge on any atom is 0.271 e. The van der Waals surface area contributed by atoms with Gasteiger partial charge in [0.1, 0.15) is 15.8 Å². The van der Waals surface area contributed by atoms with E-state index >= 15 is 0 Å². The van der Waals surface area contributed by atoms with Gasteiger partial charge in [-0.05, 0) is 49.4 Å². The molecule has 4 rings (SSSR count). The molecule has 0 aliphatic heterocycles. The van der Waals surface area contributed by atoms with Crippen LogP contribution in [0, 0.1) is 6.92 Å². The summed E-state index contributed by atoms with van der Waals surface area (Å²) >= 11 is 6.81. The average Bonchev–Trinajstić information content (AvgIpc) is 3.35. The molecule has 3 heterocycles.